The van der Waals surface area contributed by atoms with E-state index in [2.05, 4.69) is 5.32 Å². The van der Waals surface area contributed by atoms with Crippen molar-refractivity contribution in [1.29, 1.82) is 0 Å². The average molecular weight is 537 g/mol. The molecule has 0 unspecified atom stereocenters. The maximum Gasteiger partial charge on any atom is 0.416 e. The van der Waals surface area contributed by atoms with Crippen LogP contribution >= 0.6 is 0 Å². The Morgan fingerprint density at radius 2 is 1.59 bits per heavy atom. The van der Waals surface area contributed by atoms with Gasteiger partial charge in [-0.2, -0.15) is 13.2 Å². The molecule has 0 saturated heterocycles. The number of halogens is 3. The summed E-state index contributed by atoms with van der Waals surface area (Å²) in [6.45, 7) is 0.480. The molecule has 3 aromatic carbocycles. The molecule has 0 bridgehead atoms. The SMILES string of the molecule is COc1ccc(S(=O)(=O)N(CC(=O)Nc2cccc(C(C)=O)c2)c2cccc(C(F)(F)F)c2)cc1OC. The highest BCUT2D eigenvalue weighted by Crippen LogP contribution is 2.35. The first-order chi connectivity index (χ1) is 17.4. The summed E-state index contributed by atoms with van der Waals surface area (Å²) in [6, 6.07) is 13.2. The molecule has 0 saturated carbocycles. The van der Waals surface area contributed by atoms with E-state index in [1.54, 1.807) is 0 Å². The number of nitrogens with one attached hydrogen (secondary N) is 1. The van der Waals surface area contributed by atoms with Gasteiger partial charge in [-0.1, -0.05) is 18.2 Å². The van der Waals surface area contributed by atoms with Crippen LogP contribution in [0.1, 0.15) is 22.8 Å². The number of Topliss-reactive ketones (excluding diaryl/α,β-unsaturated/α-hetero) is 1. The molecule has 0 aromatic heterocycles. The molecule has 0 radical (unpaired) electrons. The summed E-state index contributed by atoms with van der Waals surface area (Å²) in [6.07, 6.45) is -4.75. The van der Waals surface area contributed by atoms with E-state index in [9.17, 15) is 31.2 Å². The van der Waals surface area contributed by atoms with E-state index in [1.165, 1.54) is 57.5 Å². The fourth-order valence-electron chi connectivity index (χ4n) is 3.40. The second-order valence-corrected chi connectivity index (χ2v) is 9.62. The van der Waals surface area contributed by atoms with Crippen LogP contribution in [0.2, 0.25) is 0 Å². The lowest BCUT2D eigenvalue weighted by Crippen LogP contribution is -2.38. The Morgan fingerprint density at radius 3 is 2.22 bits per heavy atom. The van der Waals surface area contributed by atoms with Crippen molar-refractivity contribution in [2.45, 2.75) is 18.0 Å². The van der Waals surface area contributed by atoms with Crippen LogP contribution < -0.4 is 19.1 Å². The van der Waals surface area contributed by atoms with Gasteiger partial charge in [-0.3, -0.25) is 13.9 Å². The Hall–Kier alpha value is -4.06. The highest BCUT2D eigenvalue weighted by Gasteiger charge is 2.33. The summed E-state index contributed by atoms with van der Waals surface area (Å²) in [7, 11) is -1.92. The van der Waals surface area contributed by atoms with E-state index in [4.69, 9.17) is 9.47 Å². The van der Waals surface area contributed by atoms with E-state index >= 15 is 0 Å². The summed E-state index contributed by atoms with van der Waals surface area (Å²) >= 11 is 0. The van der Waals surface area contributed by atoms with Crippen molar-refractivity contribution in [2.24, 2.45) is 0 Å². The number of ketones is 1. The van der Waals surface area contributed by atoms with E-state index in [0.29, 0.717) is 15.9 Å². The normalized spacial score (nSPS) is 11.5. The van der Waals surface area contributed by atoms with Gasteiger partial charge in [-0.05, 0) is 49.4 Å². The molecule has 12 heteroatoms. The number of sulfonamides is 1. The van der Waals surface area contributed by atoms with E-state index in [-0.39, 0.29) is 33.6 Å². The van der Waals surface area contributed by atoms with Crippen LogP contribution in [0.15, 0.2) is 71.6 Å². The summed E-state index contributed by atoms with van der Waals surface area (Å²) in [4.78, 5) is 24.2. The third-order valence-electron chi connectivity index (χ3n) is 5.24. The fourth-order valence-corrected chi connectivity index (χ4v) is 4.83. The van der Waals surface area contributed by atoms with Crippen LogP contribution in [-0.2, 0) is 21.0 Å². The minimum Gasteiger partial charge on any atom is -0.493 e. The predicted octanol–water partition coefficient (Wildman–Crippen LogP) is 4.76. The number of amides is 1. The molecular weight excluding hydrogens is 513 g/mol. The smallest absolute Gasteiger partial charge is 0.416 e. The summed E-state index contributed by atoms with van der Waals surface area (Å²) in [5.74, 6) is -0.798. The minimum atomic E-state index is -4.75. The molecule has 0 aliphatic carbocycles. The fraction of sp³-hybridized carbons (Fsp3) is 0.200. The van der Waals surface area contributed by atoms with Crippen LogP contribution in [0, 0.1) is 0 Å². The summed E-state index contributed by atoms with van der Waals surface area (Å²) in [5.41, 5.74) is -0.944. The lowest BCUT2D eigenvalue weighted by atomic mass is 10.1. The van der Waals surface area contributed by atoms with Crippen LogP contribution in [0.25, 0.3) is 0 Å². The van der Waals surface area contributed by atoms with Gasteiger partial charge in [0.2, 0.25) is 5.91 Å². The summed E-state index contributed by atoms with van der Waals surface area (Å²) in [5, 5.41) is 2.48. The van der Waals surface area contributed by atoms with Crippen molar-refractivity contribution in [3.8, 4) is 11.5 Å². The first-order valence-electron chi connectivity index (χ1n) is 10.7. The van der Waals surface area contributed by atoms with Gasteiger partial charge >= 0.3 is 6.18 Å². The number of anilines is 2. The second-order valence-electron chi connectivity index (χ2n) is 7.76. The topological polar surface area (TPSA) is 102 Å². The number of rotatable bonds is 9. The minimum absolute atomic E-state index is 0.0677. The van der Waals surface area contributed by atoms with Gasteiger partial charge in [0.05, 0.1) is 30.4 Å². The van der Waals surface area contributed by atoms with Gasteiger partial charge in [-0.15, -0.1) is 0 Å². The van der Waals surface area contributed by atoms with Crippen molar-refractivity contribution in [1.82, 2.24) is 0 Å². The first kappa shape index (κ1) is 27.5. The second kappa shape index (κ2) is 10.9. The number of benzene rings is 3. The lowest BCUT2D eigenvalue weighted by molar-refractivity contribution is -0.137. The molecular formula is C25H23F3N2O6S. The van der Waals surface area contributed by atoms with E-state index in [0.717, 1.165) is 24.3 Å². The lowest BCUT2D eigenvalue weighted by Gasteiger charge is -2.25. The maximum atomic E-state index is 13.6. The highest BCUT2D eigenvalue weighted by molar-refractivity contribution is 7.92. The van der Waals surface area contributed by atoms with Crippen LogP contribution in [0.3, 0.4) is 0 Å². The molecule has 196 valence electrons. The molecule has 37 heavy (non-hydrogen) atoms. The predicted molar refractivity (Wildman–Crippen MR) is 131 cm³/mol. The number of alkyl halides is 3. The zero-order valence-corrected chi connectivity index (χ0v) is 20.8. The number of hydrogen-bond donors (Lipinski definition) is 1. The molecule has 1 amide bonds. The van der Waals surface area contributed by atoms with Gasteiger partial charge in [0.1, 0.15) is 6.54 Å². The molecule has 3 rings (SSSR count). The first-order valence-corrected chi connectivity index (χ1v) is 12.1. The van der Waals surface area contributed by atoms with Crippen LogP contribution in [-0.4, -0.2) is 40.9 Å². The van der Waals surface area contributed by atoms with Gasteiger partial charge in [-0.25, -0.2) is 8.42 Å². The third-order valence-corrected chi connectivity index (χ3v) is 7.01. The molecule has 0 aliphatic rings. The van der Waals surface area contributed by atoms with Gasteiger partial charge < -0.3 is 14.8 Å². The Labute approximate surface area is 211 Å². The molecule has 8 nitrogen and oxygen atoms in total. The summed E-state index contributed by atoms with van der Waals surface area (Å²) < 4.78 is 78.2. The molecule has 0 heterocycles. The zero-order valence-electron chi connectivity index (χ0n) is 20.0. The number of carbonyl (C=O) groups excluding carboxylic acids is 2. The van der Waals surface area contributed by atoms with Crippen molar-refractivity contribution in [3.05, 3.63) is 77.9 Å². The third kappa shape index (κ3) is 6.39. The van der Waals surface area contributed by atoms with Crippen molar-refractivity contribution < 1.29 is 40.7 Å². The molecule has 0 atom stereocenters. The Morgan fingerprint density at radius 1 is 0.919 bits per heavy atom. The van der Waals surface area contributed by atoms with Crippen LogP contribution in [0.4, 0.5) is 24.5 Å². The van der Waals surface area contributed by atoms with Crippen molar-refractivity contribution in [3.63, 3.8) is 0 Å². The molecule has 3 aromatic rings. The Balaban J connectivity index is 2.05. The van der Waals surface area contributed by atoms with Crippen molar-refractivity contribution >= 4 is 33.1 Å². The Kier molecular flexibility index (Phi) is 8.12. The van der Waals surface area contributed by atoms with Gasteiger partial charge in [0.25, 0.3) is 10.0 Å². The highest BCUT2D eigenvalue weighted by atomic mass is 32.2. The van der Waals surface area contributed by atoms with Gasteiger partial charge in [0.15, 0.2) is 17.3 Å². The van der Waals surface area contributed by atoms with E-state index in [1.807, 2.05) is 0 Å². The number of ether oxygens (including phenoxy) is 2. The monoisotopic (exact) mass is 536 g/mol. The van der Waals surface area contributed by atoms with Crippen molar-refractivity contribution in [2.75, 3.05) is 30.4 Å². The van der Waals surface area contributed by atoms with E-state index < -0.39 is 34.2 Å². The number of nitrogens with zero attached hydrogens (tertiary/aromatic N) is 1. The zero-order chi connectivity index (χ0) is 27.4. The number of carbonyl (C=O) groups is 2. The average Bonchev–Trinajstić information content (AvgIpc) is 2.86. The molecule has 1 N–H and O–H groups in total. The number of hydrogen-bond acceptors (Lipinski definition) is 6. The Bertz CT molecular complexity index is 1420. The number of methoxy groups -OCH3 is 2. The quantitative estimate of drug-likeness (QED) is 0.396. The molecule has 0 fully saturated rings. The maximum absolute atomic E-state index is 13.6. The molecule has 0 spiro atoms. The largest absolute Gasteiger partial charge is 0.493 e. The van der Waals surface area contributed by atoms with Gasteiger partial charge in [0, 0.05) is 17.3 Å². The molecule has 0 aliphatic heterocycles. The standard InChI is InChI=1S/C25H23F3N2O6S/c1-16(31)17-6-4-8-19(12-17)29-24(32)15-30(20-9-5-7-18(13-20)25(26,27)28)37(33,34)21-10-11-22(35-2)23(14-21)36-3/h4-14H,15H2,1-3H3,(H,29,32). The van der Waals surface area contributed by atoms with Crippen LogP contribution in [0.5, 0.6) is 11.5 Å².